The summed E-state index contributed by atoms with van der Waals surface area (Å²) in [6, 6.07) is 5.98. The SMILES string of the molecule is CC(=O)Nc1ccc(S(=O)(=O)NCC(C)(C)CCl)cc1. The zero-order chi connectivity index (χ0) is 15.4. The molecule has 0 aliphatic rings. The van der Waals surface area contributed by atoms with Crippen molar-refractivity contribution in [1.29, 1.82) is 0 Å². The molecule has 1 amide bonds. The molecule has 0 heterocycles. The molecule has 5 nitrogen and oxygen atoms in total. The lowest BCUT2D eigenvalue weighted by Crippen LogP contribution is -2.35. The largest absolute Gasteiger partial charge is 0.326 e. The van der Waals surface area contributed by atoms with Gasteiger partial charge in [0, 0.05) is 25.0 Å². The van der Waals surface area contributed by atoms with Crippen LogP contribution in [0.25, 0.3) is 0 Å². The summed E-state index contributed by atoms with van der Waals surface area (Å²) in [5.74, 6) is 0.152. The average Bonchev–Trinajstić information content (AvgIpc) is 2.37. The van der Waals surface area contributed by atoms with E-state index in [0.717, 1.165) is 0 Å². The highest BCUT2D eigenvalue weighted by Gasteiger charge is 2.21. The maximum absolute atomic E-state index is 12.1. The third kappa shape index (κ3) is 5.11. The topological polar surface area (TPSA) is 75.3 Å². The predicted octanol–water partition coefficient (Wildman–Crippen LogP) is 2.19. The Kier molecular flexibility index (Phi) is 5.56. The summed E-state index contributed by atoms with van der Waals surface area (Å²) < 4.78 is 26.7. The molecule has 0 fully saturated rings. The van der Waals surface area contributed by atoms with Gasteiger partial charge in [-0.25, -0.2) is 13.1 Å². The monoisotopic (exact) mass is 318 g/mol. The van der Waals surface area contributed by atoms with Crippen LogP contribution in [0.5, 0.6) is 0 Å². The van der Waals surface area contributed by atoms with E-state index in [1.165, 1.54) is 19.1 Å². The van der Waals surface area contributed by atoms with Crippen molar-refractivity contribution in [2.24, 2.45) is 5.41 Å². The molecule has 0 bridgehead atoms. The highest BCUT2D eigenvalue weighted by molar-refractivity contribution is 7.89. The highest BCUT2D eigenvalue weighted by atomic mass is 35.5. The molecule has 1 rings (SSSR count). The number of hydrogen-bond donors (Lipinski definition) is 2. The standard InChI is InChI=1S/C13H19ClN2O3S/c1-10(17)16-11-4-6-12(7-5-11)20(18,19)15-9-13(2,3)8-14/h4-7,15H,8-9H2,1-3H3,(H,16,17). The normalized spacial score (nSPS) is 12.2. The van der Waals surface area contributed by atoms with Gasteiger partial charge in [0.2, 0.25) is 15.9 Å². The zero-order valence-corrected chi connectivity index (χ0v) is 13.3. The maximum Gasteiger partial charge on any atom is 0.240 e. The van der Waals surface area contributed by atoms with Crippen molar-refractivity contribution in [3.8, 4) is 0 Å². The van der Waals surface area contributed by atoms with Gasteiger partial charge in [-0.1, -0.05) is 13.8 Å². The number of carbonyl (C=O) groups excluding carboxylic acids is 1. The molecule has 0 saturated carbocycles. The van der Waals surface area contributed by atoms with Gasteiger partial charge in [-0.15, -0.1) is 11.6 Å². The first-order valence-corrected chi connectivity index (χ1v) is 8.11. The van der Waals surface area contributed by atoms with E-state index in [1.54, 1.807) is 12.1 Å². The first-order chi connectivity index (χ1) is 9.16. The second kappa shape index (κ2) is 6.56. The number of sulfonamides is 1. The number of amides is 1. The lowest BCUT2D eigenvalue weighted by atomic mass is 9.97. The van der Waals surface area contributed by atoms with Crippen molar-refractivity contribution in [2.45, 2.75) is 25.7 Å². The van der Waals surface area contributed by atoms with Crippen LogP contribution in [-0.2, 0) is 14.8 Å². The molecule has 1 aromatic carbocycles. The first kappa shape index (κ1) is 16.9. The van der Waals surface area contributed by atoms with E-state index in [4.69, 9.17) is 11.6 Å². The van der Waals surface area contributed by atoms with Gasteiger partial charge in [0.1, 0.15) is 0 Å². The molecular weight excluding hydrogens is 300 g/mol. The van der Waals surface area contributed by atoms with Gasteiger partial charge in [0.25, 0.3) is 0 Å². The van der Waals surface area contributed by atoms with Crippen LogP contribution < -0.4 is 10.0 Å². The fourth-order valence-electron chi connectivity index (χ4n) is 1.34. The number of alkyl halides is 1. The molecule has 0 aliphatic heterocycles. The van der Waals surface area contributed by atoms with E-state index in [1.807, 2.05) is 13.8 Å². The molecule has 20 heavy (non-hydrogen) atoms. The van der Waals surface area contributed by atoms with E-state index in [-0.39, 0.29) is 22.8 Å². The summed E-state index contributed by atoms with van der Waals surface area (Å²) in [7, 11) is -3.57. The number of rotatable bonds is 6. The summed E-state index contributed by atoms with van der Waals surface area (Å²) in [6.45, 7) is 5.40. The predicted molar refractivity (Wildman–Crippen MR) is 80.4 cm³/mol. The molecule has 0 aromatic heterocycles. The second-order valence-electron chi connectivity index (χ2n) is 5.33. The molecule has 0 aliphatic carbocycles. The molecule has 1 aromatic rings. The van der Waals surface area contributed by atoms with Gasteiger partial charge in [0.05, 0.1) is 4.90 Å². The van der Waals surface area contributed by atoms with E-state index in [9.17, 15) is 13.2 Å². The molecule has 0 saturated heterocycles. The minimum absolute atomic E-state index is 0.150. The van der Waals surface area contributed by atoms with Crippen molar-refractivity contribution in [3.05, 3.63) is 24.3 Å². The molecule has 7 heteroatoms. The van der Waals surface area contributed by atoms with Crippen LogP contribution in [0.15, 0.2) is 29.2 Å². The van der Waals surface area contributed by atoms with Gasteiger partial charge in [0.15, 0.2) is 0 Å². The van der Waals surface area contributed by atoms with Gasteiger partial charge in [-0.2, -0.15) is 0 Å². The van der Waals surface area contributed by atoms with Gasteiger partial charge < -0.3 is 5.32 Å². The van der Waals surface area contributed by atoms with Gasteiger partial charge in [-0.3, -0.25) is 4.79 Å². The lowest BCUT2D eigenvalue weighted by Gasteiger charge is -2.21. The average molecular weight is 319 g/mol. The molecule has 0 atom stereocenters. The molecule has 0 unspecified atom stereocenters. The Balaban J connectivity index is 2.80. The number of hydrogen-bond acceptors (Lipinski definition) is 3. The smallest absolute Gasteiger partial charge is 0.240 e. The summed E-state index contributed by atoms with van der Waals surface area (Å²) in [5, 5.41) is 2.58. The first-order valence-electron chi connectivity index (χ1n) is 6.09. The fourth-order valence-corrected chi connectivity index (χ4v) is 2.68. The molecular formula is C13H19ClN2O3S. The molecule has 0 radical (unpaired) electrons. The maximum atomic E-state index is 12.1. The van der Waals surface area contributed by atoms with Crippen molar-refractivity contribution in [1.82, 2.24) is 4.72 Å². The van der Waals surface area contributed by atoms with Crippen molar-refractivity contribution in [3.63, 3.8) is 0 Å². The van der Waals surface area contributed by atoms with E-state index >= 15 is 0 Å². The fraction of sp³-hybridized carbons (Fsp3) is 0.462. The number of nitrogens with one attached hydrogen (secondary N) is 2. The molecule has 112 valence electrons. The molecule has 0 spiro atoms. The van der Waals surface area contributed by atoms with Crippen molar-refractivity contribution in [2.75, 3.05) is 17.7 Å². The van der Waals surface area contributed by atoms with Crippen LogP contribution in [0, 0.1) is 5.41 Å². The number of benzene rings is 1. The minimum Gasteiger partial charge on any atom is -0.326 e. The molecule has 2 N–H and O–H groups in total. The second-order valence-corrected chi connectivity index (χ2v) is 7.36. The third-order valence-corrected chi connectivity index (χ3v) is 4.73. The quantitative estimate of drug-likeness (QED) is 0.789. The Morgan fingerprint density at radius 2 is 1.80 bits per heavy atom. The summed E-state index contributed by atoms with van der Waals surface area (Å²) in [6.07, 6.45) is 0. The Morgan fingerprint density at radius 3 is 2.25 bits per heavy atom. The minimum atomic E-state index is -3.57. The third-order valence-electron chi connectivity index (χ3n) is 2.59. The van der Waals surface area contributed by atoms with Crippen molar-refractivity contribution >= 4 is 33.2 Å². The van der Waals surface area contributed by atoms with Crippen LogP contribution in [-0.4, -0.2) is 26.7 Å². The van der Waals surface area contributed by atoms with Crippen LogP contribution in [0.2, 0.25) is 0 Å². The van der Waals surface area contributed by atoms with E-state index in [2.05, 4.69) is 10.0 Å². The lowest BCUT2D eigenvalue weighted by molar-refractivity contribution is -0.114. The highest BCUT2D eigenvalue weighted by Crippen LogP contribution is 2.18. The van der Waals surface area contributed by atoms with Crippen LogP contribution >= 0.6 is 11.6 Å². The van der Waals surface area contributed by atoms with Gasteiger partial charge >= 0.3 is 0 Å². The summed E-state index contributed by atoms with van der Waals surface area (Å²) in [4.78, 5) is 11.0. The Bertz CT molecular complexity index is 568. The Hall–Kier alpha value is -1.11. The van der Waals surface area contributed by atoms with Crippen LogP contribution in [0.3, 0.4) is 0 Å². The Labute approximate surface area is 124 Å². The van der Waals surface area contributed by atoms with Crippen molar-refractivity contribution < 1.29 is 13.2 Å². The number of anilines is 1. The number of carbonyl (C=O) groups is 1. The van der Waals surface area contributed by atoms with E-state index < -0.39 is 10.0 Å². The zero-order valence-electron chi connectivity index (χ0n) is 11.7. The van der Waals surface area contributed by atoms with Crippen LogP contribution in [0.4, 0.5) is 5.69 Å². The Morgan fingerprint density at radius 1 is 1.25 bits per heavy atom. The number of halogens is 1. The van der Waals surface area contributed by atoms with Crippen LogP contribution in [0.1, 0.15) is 20.8 Å². The van der Waals surface area contributed by atoms with Gasteiger partial charge in [-0.05, 0) is 29.7 Å². The summed E-state index contributed by atoms with van der Waals surface area (Å²) >= 11 is 5.76. The van der Waals surface area contributed by atoms with E-state index in [0.29, 0.717) is 11.6 Å². The summed E-state index contributed by atoms with van der Waals surface area (Å²) in [5.41, 5.74) is 0.239.